The largest absolute Gasteiger partial charge is 0.313 e. The molecule has 108 valence electrons. The smallest absolute Gasteiger partial charge is 0.113 e. The van der Waals surface area contributed by atoms with Gasteiger partial charge in [-0.05, 0) is 49.6 Å². The highest BCUT2D eigenvalue weighted by Gasteiger charge is 2.06. The van der Waals surface area contributed by atoms with E-state index in [-0.39, 0.29) is 0 Å². The Balaban J connectivity index is 2.17. The normalized spacial score (nSPS) is 10.9. The van der Waals surface area contributed by atoms with Gasteiger partial charge in [0.15, 0.2) is 0 Å². The van der Waals surface area contributed by atoms with Crippen molar-refractivity contribution in [2.45, 2.75) is 46.6 Å². The Labute approximate surface area is 122 Å². The molecule has 2 aromatic rings. The molecule has 0 spiro atoms. The van der Waals surface area contributed by atoms with Crippen molar-refractivity contribution in [3.8, 4) is 5.69 Å². The van der Waals surface area contributed by atoms with E-state index in [1.807, 2.05) is 6.20 Å². The molecule has 1 N–H and O–H groups in total. The molecule has 0 radical (unpaired) electrons. The van der Waals surface area contributed by atoms with Crippen molar-refractivity contribution in [2.24, 2.45) is 0 Å². The lowest BCUT2D eigenvalue weighted by Crippen LogP contribution is -2.14. The highest BCUT2D eigenvalue weighted by molar-refractivity contribution is 5.41. The maximum atomic E-state index is 4.45. The van der Waals surface area contributed by atoms with Gasteiger partial charge in [-0.2, -0.15) is 0 Å². The summed E-state index contributed by atoms with van der Waals surface area (Å²) < 4.78 is 2.19. The van der Waals surface area contributed by atoms with Crippen molar-refractivity contribution in [2.75, 3.05) is 6.54 Å². The third kappa shape index (κ3) is 3.48. The highest BCUT2D eigenvalue weighted by Crippen LogP contribution is 2.17. The molecule has 0 saturated carbocycles. The number of hydrogen-bond acceptors (Lipinski definition) is 2. The molecule has 2 rings (SSSR count). The van der Waals surface area contributed by atoms with E-state index in [1.54, 1.807) is 0 Å². The van der Waals surface area contributed by atoms with Crippen LogP contribution in [0.5, 0.6) is 0 Å². The minimum atomic E-state index is 0.950. The summed E-state index contributed by atoms with van der Waals surface area (Å²) in [5.41, 5.74) is 3.92. The monoisotopic (exact) mass is 271 g/mol. The summed E-state index contributed by atoms with van der Waals surface area (Å²) in [4.78, 5) is 4.45. The van der Waals surface area contributed by atoms with E-state index in [9.17, 15) is 0 Å². The number of nitrogens with one attached hydrogen (secondary N) is 1. The van der Waals surface area contributed by atoms with Crippen LogP contribution in [0.2, 0.25) is 0 Å². The van der Waals surface area contributed by atoms with Gasteiger partial charge in [0, 0.05) is 31.0 Å². The summed E-state index contributed by atoms with van der Waals surface area (Å²) in [5, 5.41) is 3.46. The summed E-state index contributed by atoms with van der Waals surface area (Å²) in [6, 6.07) is 6.67. The van der Waals surface area contributed by atoms with Gasteiger partial charge < -0.3 is 9.88 Å². The van der Waals surface area contributed by atoms with Crippen LogP contribution in [0.15, 0.2) is 30.6 Å². The van der Waals surface area contributed by atoms with Crippen LogP contribution in [0.3, 0.4) is 0 Å². The molecule has 0 amide bonds. The molecule has 3 heteroatoms. The summed E-state index contributed by atoms with van der Waals surface area (Å²) in [5.74, 6) is 1.14. The van der Waals surface area contributed by atoms with Crippen LogP contribution >= 0.6 is 0 Å². The summed E-state index contributed by atoms with van der Waals surface area (Å²) >= 11 is 0. The fraction of sp³-hybridized carbons (Fsp3) is 0.471. The predicted octanol–water partition coefficient (Wildman–Crippen LogP) is 3.63. The zero-order chi connectivity index (χ0) is 14.4. The van der Waals surface area contributed by atoms with Gasteiger partial charge in [-0.15, -0.1) is 0 Å². The van der Waals surface area contributed by atoms with Crippen molar-refractivity contribution >= 4 is 0 Å². The molecule has 1 aromatic carbocycles. The van der Waals surface area contributed by atoms with E-state index in [0.717, 1.165) is 31.8 Å². The van der Waals surface area contributed by atoms with Gasteiger partial charge in [0.05, 0.1) is 0 Å². The van der Waals surface area contributed by atoms with Crippen molar-refractivity contribution in [1.82, 2.24) is 14.9 Å². The fourth-order valence-electron chi connectivity index (χ4n) is 2.41. The number of nitrogens with zero attached hydrogens (tertiary/aromatic N) is 2. The molecular formula is C17H25N3. The average Bonchev–Trinajstić information content (AvgIpc) is 2.89. The molecule has 1 aromatic heterocycles. The summed E-state index contributed by atoms with van der Waals surface area (Å²) in [6.45, 7) is 8.59. The van der Waals surface area contributed by atoms with Crippen LogP contribution < -0.4 is 5.32 Å². The van der Waals surface area contributed by atoms with E-state index >= 15 is 0 Å². The second-order valence-corrected chi connectivity index (χ2v) is 5.25. The van der Waals surface area contributed by atoms with E-state index in [4.69, 9.17) is 0 Å². The van der Waals surface area contributed by atoms with E-state index < -0.39 is 0 Å². The Kier molecular flexibility index (Phi) is 5.36. The quantitative estimate of drug-likeness (QED) is 0.779. The number of rotatable bonds is 7. The molecule has 0 fully saturated rings. The lowest BCUT2D eigenvalue weighted by atomic mass is 10.1. The van der Waals surface area contributed by atoms with Crippen molar-refractivity contribution < 1.29 is 0 Å². The second kappa shape index (κ2) is 7.25. The van der Waals surface area contributed by atoms with Gasteiger partial charge in [-0.25, -0.2) is 4.98 Å². The SMILES string of the molecule is CCCNCc1ccc(-n2ccnc2CCC)cc1C. The molecule has 0 bridgehead atoms. The van der Waals surface area contributed by atoms with Crippen molar-refractivity contribution in [3.05, 3.63) is 47.5 Å². The molecule has 1 heterocycles. The minimum Gasteiger partial charge on any atom is -0.313 e. The van der Waals surface area contributed by atoms with Crippen molar-refractivity contribution in [3.63, 3.8) is 0 Å². The van der Waals surface area contributed by atoms with E-state index in [0.29, 0.717) is 0 Å². The first-order valence-electron chi connectivity index (χ1n) is 7.59. The third-order valence-electron chi connectivity index (χ3n) is 3.54. The van der Waals surface area contributed by atoms with Crippen LogP contribution in [0.25, 0.3) is 5.69 Å². The number of aromatic nitrogens is 2. The maximum absolute atomic E-state index is 4.45. The molecule has 0 unspecified atom stereocenters. The molecule has 0 aliphatic heterocycles. The van der Waals surface area contributed by atoms with E-state index in [1.165, 1.54) is 23.2 Å². The predicted molar refractivity (Wildman–Crippen MR) is 84.3 cm³/mol. The molecule has 20 heavy (non-hydrogen) atoms. The number of aryl methyl sites for hydroxylation is 2. The first-order valence-corrected chi connectivity index (χ1v) is 7.59. The topological polar surface area (TPSA) is 29.9 Å². The molecule has 0 saturated heterocycles. The zero-order valence-corrected chi connectivity index (χ0v) is 12.8. The Morgan fingerprint density at radius 3 is 2.75 bits per heavy atom. The van der Waals surface area contributed by atoms with Crippen LogP contribution in [-0.4, -0.2) is 16.1 Å². The number of hydrogen-bond donors (Lipinski definition) is 1. The van der Waals surface area contributed by atoms with Gasteiger partial charge in [-0.1, -0.05) is 19.9 Å². The van der Waals surface area contributed by atoms with Crippen LogP contribution in [-0.2, 0) is 13.0 Å². The fourth-order valence-corrected chi connectivity index (χ4v) is 2.41. The van der Waals surface area contributed by atoms with Gasteiger partial charge >= 0.3 is 0 Å². The average molecular weight is 271 g/mol. The molecule has 0 aliphatic carbocycles. The first-order chi connectivity index (χ1) is 9.76. The van der Waals surface area contributed by atoms with Gasteiger partial charge in [0.2, 0.25) is 0 Å². The van der Waals surface area contributed by atoms with Crippen LogP contribution in [0.4, 0.5) is 0 Å². The lowest BCUT2D eigenvalue weighted by molar-refractivity contribution is 0.673. The maximum Gasteiger partial charge on any atom is 0.113 e. The van der Waals surface area contributed by atoms with Gasteiger partial charge in [-0.3, -0.25) is 0 Å². The Morgan fingerprint density at radius 1 is 1.20 bits per heavy atom. The minimum absolute atomic E-state index is 0.950. The Hall–Kier alpha value is -1.61. The van der Waals surface area contributed by atoms with Crippen LogP contribution in [0, 0.1) is 6.92 Å². The second-order valence-electron chi connectivity index (χ2n) is 5.25. The number of imidazole rings is 1. The molecule has 3 nitrogen and oxygen atoms in total. The van der Waals surface area contributed by atoms with Crippen molar-refractivity contribution in [1.29, 1.82) is 0 Å². The molecular weight excluding hydrogens is 246 g/mol. The highest BCUT2D eigenvalue weighted by atomic mass is 15.1. The van der Waals surface area contributed by atoms with Gasteiger partial charge in [0.25, 0.3) is 0 Å². The zero-order valence-electron chi connectivity index (χ0n) is 12.8. The number of benzene rings is 1. The van der Waals surface area contributed by atoms with Crippen LogP contribution in [0.1, 0.15) is 43.6 Å². The van der Waals surface area contributed by atoms with Gasteiger partial charge in [0.1, 0.15) is 5.82 Å². The Bertz CT molecular complexity index is 543. The molecule has 0 atom stereocenters. The molecule has 0 aliphatic rings. The van der Waals surface area contributed by atoms with E-state index in [2.05, 4.69) is 60.0 Å². The summed E-state index contributed by atoms with van der Waals surface area (Å²) in [7, 11) is 0. The first kappa shape index (κ1) is 14.8. The Morgan fingerprint density at radius 2 is 2.05 bits per heavy atom. The standard InChI is InChI=1S/C17H25N3/c1-4-6-17-19-10-11-20(17)16-8-7-15(14(3)12-16)13-18-9-5-2/h7-8,10-12,18H,4-6,9,13H2,1-3H3. The summed E-state index contributed by atoms with van der Waals surface area (Å²) in [6.07, 6.45) is 7.25. The lowest BCUT2D eigenvalue weighted by Gasteiger charge is -2.12. The third-order valence-corrected chi connectivity index (χ3v) is 3.54.